The van der Waals surface area contributed by atoms with E-state index in [0.717, 1.165) is 13.8 Å². The molecule has 2 unspecified atom stereocenters. The van der Waals surface area contributed by atoms with Gasteiger partial charge in [0.05, 0.1) is 12.1 Å². The molecule has 2 atom stereocenters. The van der Waals surface area contributed by atoms with Crippen LogP contribution in [0.2, 0.25) is 0 Å². The van der Waals surface area contributed by atoms with E-state index in [1.165, 1.54) is 71.3 Å². The molecule has 0 aromatic heterocycles. The lowest BCUT2D eigenvalue weighted by Gasteiger charge is -2.38. The molecule has 204 valence electrons. The van der Waals surface area contributed by atoms with E-state index in [4.69, 9.17) is 0 Å². The molecule has 2 N–H and O–H groups in total. The van der Waals surface area contributed by atoms with Crippen LogP contribution in [0.3, 0.4) is 0 Å². The van der Waals surface area contributed by atoms with Gasteiger partial charge in [-0.25, -0.2) is 0 Å². The number of hydrogen-bond acceptors (Lipinski definition) is 2. The minimum atomic E-state index is -7.58. The lowest BCUT2D eigenvalue weighted by molar-refractivity contribution is -0.388. The van der Waals surface area contributed by atoms with Crippen LogP contribution >= 0.6 is 0 Å². The van der Waals surface area contributed by atoms with Gasteiger partial charge in [-0.1, -0.05) is 60.7 Å². The van der Waals surface area contributed by atoms with E-state index in [2.05, 4.69) is 0 Å². The number of amides is 2. The third-order valence-corrected chi connectivity index (χ3v) is 5.44. The number of hydrogen-bond donors (Lipinski definition) is 2. The van der Waals surface area contributed by atoms with Gasteiger partial charge in [-0.2, -0.15) is 43.9 Å². The maximum absolute atomic E-state index is 14.2. The highest BCUT2D eigenvalue weighted by Gasteiger charge is 2.89. The van der Waals surface area contributed by atoms with Gasteiger partial charge in [0.2, 0.25) is 0 Å². The van der Waals surface area contributed by atoms with Crippen molar-refractivity contribution in [1.82, 2.24) is 10.6 Å². The zero-order valence-electron chi connectivity index (χ0n) is 19.0. The molecule has 0 bridgehead atoms. The van der Waals surface area contributed by atoms with Gasteiger partial charge in [-0.15, -0.1) is 0 Å². The Hall–Kier alpha value is -3.32. The predicted molar refractivity (Wildman–Crippen MR) is 111 cm³/mol. The Kier molecular flexibility index (Phi) is 8.25. The summed E-state index contributed by atoms with van der Waals surface area (Å²) in [4.78, 5) is 23.5. The summed E-state index contributed by atoms with van der Waals surface area (Å²) < 4.78 is 142. The predicted octanol–water partition coefficient (Wildman–Crippen LogP) is 5.92. The number of rotatable bonds is 10. The smallest absolute Gasteiger partial charge is 0.344 e. The monoisotopic (exact) mass is 546 g/mol. The summed E-state index contributed by atoms with van der Waals surface area (Å²) in [6.07, 6.45) is 0. The summed E-state index contributed by atoms with van der Waals surface area (Å²) in [5.41, 5.74) is 0.0885. The van der Waals surface area contributed by atoms with Crippen molar-refractivity contribution in [2.24, 2.45) is 0 Å². The molecule has 0 fully saturated rings. The van der Waals surface area contributed by atoms with Gasteiger partial charge in [-0.05, 0) is 25.0 Å². The van der Waals surface area contributed by atoms with Crippen LogP contribution in [0.1, 0.15) is 37.1 Å². The third kappa shape index (κ3) is 5.23. The number of alkyl halides is 10. The van der Waals surface area contributed by atoms with E-state index < -0.39 is 53.5 Å². The maximum Gasteiger partial charge on any atom is 0.392 e. The minimum absolute atomic E-state index is 0.0443. The number of halogens is 10. The highest BCUT2D eigenvalue weighted by atomic mass is 19.4. The van der Waals surface area contributed by atoms with Crippen molar-refractivity contribution in [2.75, 3.05) is 0 Å². The Labute approximate surface area is 204 Å². The molecule has 0 heterocycles. The average molecular weight is 546 g/mol. The van der Waals surface area contributed by atoms with Gasteiger partial charge in [0.15, 0.2) is 0 Å². The van der Waals surface area contributed by atoms with Crippen LogP contribution in [0.5, 0.6) is 0 Å². The van der Waals surface area contributed by atoms with E-state index in [0.29, 0.717) is 0 Å². The molecule has 0 saturated heterocycles. The van der Waals surface area contributed by atoms with Gasteiger partial charge in [-0.3, -0.25) is 9.59 Å². The van der Waals surface area contributed by atoms with E-state index in [9.17, 15) is 53.5 Å². The second-order valence-corrected chi connectivity index (χ2v) is 8.08. The van der Waals surface area contributed by atoms with Crippen LogP contribution in [-0.4, -0.2) is 41.4 Å². The van der Waals surface area contributed by atoms with Crippen LogP contribution in [0, 0.1) is 0 Å². The van der Waals surface area contributed by atoms with Crippen molar-refractivity contribution in [3.05, 3.63) is 71.8 Å². The Bertz CT molecular complexity index is 1010. The fourth-order valence-corrected chi connectivity index (χ4v) is 3.10. The molecule has 37 heavy (non-hydrogen) atoms. The van der Waals surface area contributed by atoms with Crippen LogP contribution in [0.25, 0.3) is 0 Å². The Morgan fingerprint density at radius 1 is 0.541 bits per heavy atom. The number of carbonyl (C=O) groups is 2. The molecule has 0 radical (unpaired) electrons. The van der Waals surface area contributed by atoms with Crippen molar-refractivity contribution in [3.8, 4) is 0 Å². The molecule has 2 aromatic rings. The molecule has 14 heteroatoms. The topological polar surface area (TPSA) is 58.2 Å². The van der Waals surface area contributed by atoms with E-state index in [-0.39, 0.29) is 11.1 Å². The summed E-state index contributed by atoms with van der Waals surface area (Å²) >= 11 is 0. The molecule has 4 nitrogen and oxygen atoms in total. The van der Waals surface area contributed by atoms with Crippen LogP contribution in [-0.2, 0) is 9.59 Å². The second-order valence-electron chi connectivity index (χ2n) is 8.08. The third-order valence-electron chi connectivity index (χ3n) is 5.44. The van der Waals surface area contributed by atoms with Crippen molar-refractivity contribution in [3.63, 3.8) is 0 Å². The van der Waals surface area contributed by atoms with Crippen molar-refractivity contribution >= 4 is 11.8 Å². The van der Waals surface area contributed by atoms with Crippen molar-refractivity contribution in [1.29, 1.82) is 0 Å². The minimum Gasteiger partial charge on any atom is -0.344 e. The second kappa shape index (κ2) is 10.2. The molecule has 2 rings (SSSR count). The summed E-state index contributed by atoms with van der Waals surface area (Å²) in [6.45, 7) is 1.97. The van der Waals surface area contributed by atoms with Crippen LogP contribution in [0.4, 0.5) is 43.9 Å². The fourth-order valence-electron chi connectivity index (χ4n) is 3.10. The fraction of sp³-hybridized carbons (Fsp3) is 0.391. The van der Waals surface area contributed by atoms with Crippen LogP contribution in [0.15, 0.2) is 60.7 Å². The van der Waals surface area contributed by atoms with Gasteiger partial charge in [0, 0.05) is 0 Å². The van der Waals surface area contributed by atoms with Crippen LogP contribution < -0.4 is 10.6 Å². The normalized spacial score (nSPS) is 15.0. The molecule has 0 saturated carbocycles. The number of benzene rings is 2. The molecular weight excluding hydrogens is 526 g/mol. The first-order valence-corrected chi connectivity index (χ1v) is 10.4. The van der Waals surface area contributed by atoms with Gasteiger partial charge in [0.25, 0.3) is 11.8 Å². The van der Waals surface area contributed by atoms with E-state index in [1.807, 2.05) is 0 Å². The Balaban J connectivity index is 2.33. The molecule has 2 amide bonds. The molecular formula is C23H20F10N2O2. The highest BCUT2D eigenvalue weighted by molar-refractivity contribution is 5.86. The standard InChI is InChI=1S/C23H20F10N2O2/c1-13(15-9-5-3-6-10-15)34-17(36)19(24,25)21(28,29)23(32,33)22(30,31)20(26,27)18(37)35-14(2)16-11-7-4-8-12-16/h3-14H,1-2H3,(H,34,36)(H,35,37). The molecule has 0 spiro atoms. The highest BCUT2D eigenvalue weighted by Crippen LogP contribution is 2.57. The number of carbonyl (C=O) groups excluding carboxylic acids is 2. The lowest BCUT2D eigenvalue weighted by Crippen LogP contribution is -2.71. The average Bonchev–Trinajstić information content (AvgIpc) is 2.84. The Morgan fingerprint density at radius 3 is 1.08 bits per heavy atom. The summed E-state index contributed by atoms with van der Waals surface area (Å²) in [5, 5.41) is 2.52. The molecule has 0 aliphatic carbocycles. The first-order valence-electron chi connectivity index (χ1n) is 10.4. The Morgan fingerprint density at radius 2 is 0.811 bits per heavy atom. The summed E-state index contributed by atoms with van der Waals surface area (Å²) in [7, 11) is 0. The van der Waals surface area contributed by atoms with Gasteiger partial charge >= 0.3 is 29.6 Å². The SMILES string of the molecule is CC(NC(=O)C(F)(F)C(F)(F)C(F)(F)C(F)(F)C(F)(F)C(=O)NC(C)c1ccccc1)c1ccccc1. The molecule has 2 aromatic carbocycles. The largest absolute Gasteiger partial charge is 0.392 e. The zero-order valence-corrected chi connectivity index (χ0v) is 19.0. The van der Waals surface area contributed by atoms with Gasteiger partial charge in [0.1, 0.15) is 0 Å². The molecule has 0 aliphatic rings. The number of nitrogens with one attached hydrogen (secondary N) is 2. The first kappa shape index (κ1) is 29.9. The molecule has 0 aliphatic heterocycles. The van der Waals surface area contributed by atoms with Crippen molar-refractivity contribution in [2.45, 2.75) is 55.5 Å². The first-order chi connectivity index (χ1) is 16.8. The summed E-state index contributed by atoms with van der Waals surface area (Å²) in [5.74, 6) is -41.8. The van der Waals surface area contributed by atoms with Crippen molar-refractivity contribution < 1.29 is 53.5 Å². The zero-order chi connectivity index (χ0) is 28.4. The van der Waals surface area contributed by atoms with E-state index >= 15 is 0 Å². The quantitative estimate of drug-likeness (QED) is 0.364. The van der Waals surface area contributed by atoms with E-state index in [1.54, 1.807) is 0 Å². The lowest BCUT2D eigenvalue weighted by atomic mass is 9.93. The van der Waals surface area contributed by atoms with Gasteiger partial charge < -0.3 is 10.6 Å². The maximum atomic E-state index is 14.2. The summed E-state index contributed by atoms with van der Waals surface area (Å²) in [6, 6.07) is 10.3.